The number of likely N-dealkylation sites (tertiary alicyclic amines) is 2. The molecule has 2 fully saturated rings. The molecule has 2 heterocycles. The van der Waals surface area contributed by atoms with E-state index in [0.29, 0.717) is 73.0 Å². The van der Waals surface area contributed by atoms with Crippen molar-refractivity contribution in [3.63, 3.8) is 0 Å². The number of hydrogen-bond donors (Lipinski definition) is 0. The van der Waals surface area contributed by atoms with Crippen molar-refractivity contribution in [2.24, 2.45) is 11.8 Å². The highest BCUT2D eigenvalue weighted by atomic mass is 16.6. The van der Waals surface area contributed by atoms with Crippen molar-refractivity contribution in [2.75, 3.05) is 66.7 Å². The lowest BCUT2D eigenvalue weighted by molar-refractivity contribution is -0.191. The Labute approximate surface area is 466 Å². The van der Waals surface area contributed by atoms with Gasteiger partial charge >= 0.3 is 11.9 Å². The molecule has 2 saturated heterocycles. The Hall–Kier alpha value is -7.32. The van der Waals surface area contributed by atoms with Gasteiger partial charge in [0, 0.05) is 58.3 Å². The number of hydrogen-bond acceptors (Lipinski definition) is 12. The lowest BCUT2D eigenvalue weighted by Crippen LogP contribution is -2.50. The number of Topliss-reactive ketones (excluding diaryl/α,β-unsaturated/α-hetero) is 2. The quantitative estimate of drug-likeness (QED) is 0.0274. The number of piperidine rings is 2. The standard InChI is InChI=1S/C66H76N2O10.H2O/c1-45-11-21-53(22-12-45)65(54-23-13-46(2)14-24-54,57-31-37-67(38-32-57)35-9-41-75-59-29-19-51(49(5)69)43-61(59)73-7)77-63(71)64(72)78-66(55-25-15-47(3)16-26-55,56-27-17-48(4)18-28-56)58-33-39-68(40-34-58)36-10-42-76-60-30-20-52(50(6)70)44-62(60)74-8;/h11-30,43-44,57-58H,9-10,31-42H2,1-8H3;1H2. The van der Waals surface area contributed by atoms with Gasteiger partial charge in [-0.25, -0.2) is 9.59 Å². The first kappa shape index (κ1) is 59.3. The average Bonchev–Trinajstić information content (AvgIpc) is 3.49. The van der Waals surface area contributed by atoms with Crippen molar-refractivity contribution < 1.29 is 53.1 Å². The molecule has 0 radical (unpaired) electrons. The zero-order chi connectivity index (χ0) is 55.4. The summed E-state index contributed by atoms with van der Waals surface area (Å²) >= 11 is 0. The first-order valence-electron chi connectivity index (χ1n) is 27.5. The van der Waals surface area contributed by atoms with Gasteiger partial charge in [0.25, 0.3) is 0 Å². The van der Waals surface area contributed by atoms with Crippen molar-refractivity contribution >= 4 is 23.5 Å². The highest BCUT2D eigenvalue weighted by molar-refractivity contribution is 6.30. The second-order valence-electron chi connectivity index (χ2n) is 21.2. The van der Waals surface area contributed by atoms with E-state index in [0.717, 1.165) is 96.6 Å². The van der Waals surface area contributed by atoms with Gasteiger partial charge < -0.3 is 43.7 Å². The highest BCUT2D eigenvalue weighted by Gasteiger charge is 2.52. The van der Waals surface area contributed by atoms with E-state index in [2.05, 4.69) is 9.80 Å². The van der Waals surface area contributed by atoms with Crippen LogP contribution < -0.4 is 18.9 Å². The molecule has 0 atom stereocenters. The van der Waals surface area contributed by atoms with E-state index in [9.17, 15) is 9.59 Å². The number of carbonyl (C=O) groups is 4. The number of benzene rings is 6. The van der Waals surface area contributed by atoms with E-state index in [1.807, 2.05) is 125 Å². The summed E-state index contributed by atoms with van der Waals surface area (Å²) in [5, 5.41) is 0. The monoisotopic (exact) mass is 1070 g/mol. The smallest absolute Gasteiger partial charge is 0.418 e. The molecule has 0 aromatic heterocycles. The third kappa shape index (κ3) is 13.9. The van der Waals surface area contributed by atoms with Crippen LogP contribution in [0.4, 0.5) is 0 Å². The molecule has 13 nitrogen and oxygen atoms in total. The zero-order valence-corrected chi connectivity index (χ0v) is 47.2. The Morgan fingerprint density at radius 3 is 1.00 bits per heavy atom. The average molecular weight is 1080 g/mol. The lowest BCUT2D eigenvalue weighted by atomic mass is 9.71. The second-order valence-corrected chi connectivity index (χ2v) is 21.2. The Kier molecular flexibility index (Phi) is 20.3. The molecule has 0 amide bonds. The molecule has 8 rings (SSSR count). The molecule has 0 unspecified atom stereocenters. The van der Waals surface area contributed by atoms with Crippen molar-refractivity contribution in [2.45, 2.75) is 91.3 Å². The third-order valence-electron chi connectivity index (χ3n) is 15.8. The molecule has 6 aromatic rings. The molecule has 2 N–H and O–H groups in total. The second kappa shape index (κ2) is 27.0. The third-order valence-corrected chi connectivity index (χ3v) is 15.8. The summed E-state index contributed by atoms with van der Waals surface area (Å²) in [6.07, 6.45) is 4.28. The van der Waals surface area contributed by atoms with E-state index in [4.69, 9.17) is 28.4 Å². The first-order valence-corrected chi connectivity index (χ1v) is 27.5. The fraction of sp³-hybridized carbons (Fsp3) is 0.394. The summed E-state index contributed by atoms with van der Waals surface area (Å²) in [4.78, 5) is 59.3. The number of nitrogens with zero attached hydrogens (tertiary/aromatic N) is 2. The van der Waals surface area contributed by atoms with E-state index >= 15 is 9.59 Å². The Morgan fingerprint density at radius 1 is 0.443 bits per heavy atom. The van der Waals surface area contributed by atoms with Crippen molar-refractivity contribution in [1.82, 2.24) is 9.80 Å². The fourth-order valence-corrected chi connectivity index (χ4v) is 11.3. The predicted molar refractivity (Wildman–Crippen MR) is 307 cm³/mol. The van der Waals surface area contributed by atoms with Gasteiger partial charge in [-0.2, -0.15) is 0 Å². The summed E-state index contributed by atoms with van der Waals surface area (Å²) in [7, 11) is 3.14. The maximum absolute atomic E-state index is 15.3. The molecule has 0 aliphatic carbocycles. The van der Waals surface area contributed by atoms with Gasteiger partial charge in [0.1, 0.15) is 0 Å². The molecule has 2 aliphatic heterocycles. The molecule has 0 spiro atoms. The number of aryl methyl sites for hydroxylation is 4. The first-order chi connectivity index (χ1) is 37.6. The summed E-state index contributed by atoms with van der Waals surface area (Å²) in [6.45, 7) is 16.6. The fourth-order valence-electron chi connectivity index (χ4n) is 11.3. The summed E-state index contributed by atoms with van der Waals surface area (Å²) in [5.41, 5.74) is 5.88. The summed E-state index contributed by atoms with van der Waals surface area (Å²) in [6, 6.07) is 43.0. The minimum Gasteiger partial charge on any atom is -0.493 e. The van der Waals surface area contributed by atoms with Crippen LogP contribution in [-0.4, -0.2) is 105 Å². The van der Waals surface area contributed by atoms with E-state index < -0.39 is 23.1 Å². The predicted octanol–water partition coefficient (Wildman–Crippen LogP) is 11.2. The summed E-state index contributed by atoms with van der Waals surface area (Å²) < 4.78 is 37.3. The van der Waals surface area contributed by atoms with Crippen molar-refractivity contribution in [1.29, 1.82) is 0 Å². The highest BCUT2D eigenvalue weighted by Crippen LogP contribution is 2.48. The molecule has 0 saturated carbocycles. The van der Waals surface area contributed by atoms with Crippen molar-refractivity contribution in [3.8, 4) is 23.0 Å². The van der Waals surface area contributed by atoms with Gasteiger partial charge in [-0.1, -0.05) is 119 Å². The largest absolute Gasteiger partial charge is 0.493 e. The van der Waals surface area contributed by atoms with Crippen LogP contribution in [-0.2, 0) is 30.3 Å². The zero-order valence-electron chi connectivity index (χ0n) is 47.2. The summed E-state index contributed by atoms with van der Waals surface area (Å²) in [5.74, 6) is -0.328. The number of carbonyl (C=O) groups excluding carboxylic acids is 4. The van der Waals surface area contributed by atoms with E-state index in [1.54, 1.807) is 50.6 Å². The van der Waals surface area contributed by atoms with Crippen LogP contribution >= 0.6 is 0 Å². The molecule has 2 aliphatic rings. The van der Waals surface area contributed by atoms with E-state index in [-0.39, 0.29) is 28.9 Å². The van der Waals surface area contributed by atoms with Crippen LogP contribution in [0.2, 0.25) is 0 Å². The van der Waals surface area contributed by atoms with Gasteiger partial charge in [-0.05, 0) is 143 Å². The van der Waals surface area contributed by atoms with Gasteiger partial charge in [0.15, 0.2) is 45.8 Å². The number of methoxy groups -OCH3 is 2. The number of rotatable bonds is 22. The number of ether oxygens (including phenoxy) is 6. The molecule has 79 heavy (non-hydrogen) atoms. The number of esters is 2. The topological polar surface area (TPSA) is 162 Å². The maximum atomic E-state index is 15.3. The molecular formula is C66H78N2O11. The number of ketones is 2. The SMILES string of the molecule is COc1cc(C(C)=O)ccc1OCCCN1CCC(C(OC(=O)C(=O)OC(c2ccc(C)cc2)(c2ccc(C)cc2)C2CCN(CCCOc3ccc(C(C)=O)cc3OC)CC2)(c2ccc(C)cc2)c2ccc(C)cc2)CC1.O. The lowest BCUT2D eigenvalue weighted by Gasteiger charge is -2.46. The van der Waals surface area contributed by atoms with Crippen LogP contribution in [0.25, 0.3) is 0 Å². The molecule has 418 valence electrons. The minimum absolute atomic E-state index is 0. The van der Waals surface area contributed by atoms with Crippen LogP contribution in [0.5, 0.6) is 23.0 Å². The van der Waals surface area contributed by atoms with Gasteiger partial charge in [0.05, 0.1) is 27.4 Å². The van der Waals surface area contributed by atoms with Crippen molar-refractivity contribution in [3.05, 3.63) is 189 Å². The van der Waals surface area contributed by atoms with Crippen LogP contribution in [0.15, 0.2) is 133 Å². The Balaban J connectivity index is 0.00000903. The Bertz CT molecular complexity index is 2700. The van der Waals surface area contributed by atoms with Gasteiger partial charge in [-0.3, -0.25) is 9.59 Å². The Morgan fingerprint density at radius 2 is 0.734 bits per heavy atom. The van der Waals surface area contributed by atoms with Crippen LogP contribution in [0.1, 0.15) is 118 Å². The minimum atomic E-state index is -1.33. The molecular weight excluding hydrogens is 997 g/mol. The molecule has 6 aromatic carbocycles. The normalized spacial score (nSPS) is 14.6. The van der Waals surface area contributed by atoms with E-state index in [1.165, 1.54) is 13.8 Å². The molecule has 13 heteroatoms. The van der Waals surface area contributed by atoms with Gasteiger partial charge in [-0.15, -0.1) is 0 Å². The maximum Gasteiger partial charge on any atom is 0.418 e. The van der Waals surface area contributed by atoms with Crippen LogP contribution in [0.3, 0.4) is 0 Å². The molecule has 0 bridgehead atoms. The van der Waals surface area contributed by atoms with Crippen LogP contribution in [0, 0.1) is 39.5 Å². The van der Waals surface area contributed by atoms with Gasteiger partial charge in [0.2, 0.25) is 0 Å².